The molecule has 0 fully saturated rings. The summed E-state index contributed by atoms with van der Waals surface area (Å²) in [5, 5.41) is 8.70. The molecule has 0 aliphatic heterocycles. The van der Waals surface area contributed by atoms with Gasteiger partial charge in [-0.2, -0.15) is 0 Å². The maximum atomic E-state index is 11.9. The van der Waals surface area contributed by atoms with E-state index in [2.05, 4.69) is 11.9 Å². The Balaban J connectivity index is 0.000000361. The number of nitrogens with zero attached hydrogens (tertiary/aromatic N) is 1. The van der Waals surface area contributed by atoms with Crippen LogP contribution in [0, 0.1) is 0 Å². The fraction of sp³-hybridized carbons (Fsp3) is 0.438. The fourth-order valence-corrected chi connectivity index (χ4v) is 1.40. The van der Waals surface area contributed by atoms with Crippen molar-refractivity contribution < 1.29 is 13.9 Å². The van der Waals surface area contributed by atoms with Crippen LogP contribution in [0.2, 0.25) is 0 Å². The predicted molar refractivity (Wildman–Crippen MR) is 80.5 cm³/mol. The number of aryl methyl sites for hydroxylation is 1. The second-order valence-electron chi connectivity index (χ2n) is 4.50. The molecule has 1 rings (SSSR count). The Labute approximate surface area is 119 Å². The molecular formula is C16H23F2NO. The fourth-order valence-electron chi connectivity index (χ4n) is 1.40. The summed E-state index contributed by atoms with van der Waals surface area (Å²) in [6.07, 6.45) is -0.0176. The molecule has 112 valence electrons. The molecule has 1 aromatic rings. The van der Waals surface area contributed by atoms with Crippen LogP contribution in [0.4, 0.5) is 8.78 Å². The Bertz CT molecular complexity index is 409. The van der Waals surface area contributed by atoms with Crippen molar-refractivity contribution in [2.24, 2.45) is 4.99 Å². The average molecular weight is 283 g/mol. The SMILES string of the molecule is CCc1ccc(CO)cc1.CN=C(C=C(C)C)C(F)F. The number of halogens is 2. The molecule has 0 atom stereocenters. The third-order valence-corrected chi connectivity index (χ3v) is 2.53. The summed E-state index contributed by atoms with van der Waals surface area (Å²) < 4.78 is 23.8. The summed E-state index contributed by atoms with van der Waals surface area (Å²) in [4.78, 5) is 3.42. The van der Waals surface area contributed by atoms with E-state index < -0.39 is 6.43 Å². The molecule has 0 spiro atoms. The number of hydrogen-bond donors (Lipinski definition) is 1. The van der Waals surface area contributed by atoms with Crippen LogP contribution in [0.25, 0.3) is 0 Å². The van der Waals surface area contributed by atoms with Gasteiger partial charge in [0.1, 0.15) is 5.71 Å². The topological polar surface area (TPSA) is 32.6 Å². The van der Waals surface area contributed by atoms with E-state index in [4.69, 9.17) is 5.11 Å². The normalized spacial score (nSPS) is 10.9. The maximum absolute atomic E-state index is 11.9. The van der Waals surface area contributed by atoms with Gasteiger partial charge < -0.3 is 5.11 Å². The summed E-state index contributed by atoms with van der Waals surface area (Å²) in [6, 6.07) is 8.01. The van der Waals surface area contributed by atoms with E-state index in [1.807, 2.05) is 24.3 Å². The second kappa shape index (κ2) is 10.3. The van der Waals surface area contributed by atoms with Crippen molar-refractivity contribution in [1.82, 2.24) is 0 Å². The van der Waals surface area contributed by atoms with Crippen LogP contribution in [-0.2, 0) is 13.0 Å². The van der Waals surface area contributed by atoms with Gasteiger partial charge >= 0.3 is 0 Å². The van der Waals surface area contributed by atoms with Crippen molar-refractivity contribution in [2.75, 3.05) is 7.05 Å². The third-order valence-electron chi connectivity index (χ3n) is 2.53. The van der Waals surface area contributed by atoms with Crippen molar-refractivity contribution in [2.45, 2.75) is 40.2 Å². The lowest BCUT2D eigenvalue weighted by molar-refractivity contribution is 0.226. The molecule has 0 aliphatic rings. The zero-order valence-corrected chi connectivity index (χ0v) is 12.5. The highest BCUT2D eigenvalue weighted by Crippen LogP contribution is 2.04. The van der Waals surface area contributed by atoms with Gasteiger partial charge in [-0.25, -0.2) is 8.78 Å². The van der Waals surface area contributed by atoms with E-state index in [1.54, 1.807) is 13.8 Å². The van der Waals surface area contributed by atoms with Gasteiger partial charge in [-0.3, -0.25) is 4.99 Å². The van der Waals surface area contributed by atoms with Crippen LogP contribution in [-0.4, -0.2) is 24.3 Å². The van der Waals surface area contributed by atoms with Crippen molar-refractivity contribution in [3.63, 3.8) is 0 Å². The summed E-state index contributed by atoms with van der Waals surface area (Å²) in [5.41, 5.74) is 2.98. The smallest absolute Gasteiger partial charge is 0.279 e. The van der Waals surface area contributed by atoms with Crippen molar-refractivity contribution in [3.05, 3.63) is 47.0 Å². The molecule has 2 nitrogen and oxygen atoms in total. The first kappa shape index (κ1) is 18.4. The Kier molecular flexibility index (Phi) is 9.47. The van der Waals surface area contributed by atoms with Crippen LogP contribution in [0.3, 0.4) is 0 Å². The van der Waals surface area contributed by atoms with Gasteiger partial charge in [-0.15, -0.1) is 0 Å². The number of aliphatic imine (C=N–C) groups is 1. The first-order valence-corrected chi connectivity index (χ1v) is 6.53. The lowest BCUT2D eigenvalue weighted by Crippen LogP contribution is -2.06. The van der Waals surface area contributed by atoms with Crippen LogP contribution >= 0.6 is 0 Å². The highest BCUT2D eigenvalue weighted by molar-refractivity contribution is 5.97. The Morgan fingerprint density at radius 2 is 1.70 bits per heavy atom. The second-order valence-corrected chi connectivity index (χ2v) is 4.50. The monoisotopic (exact) mass is 283 g/mol. The Hall–Kier alpha value is -1.55. The standard InChI is InChI=1S/C9H12O.C7H11F2N/c1-2-8-3-5-9(7-10)6-4-8;1-5(2)4-6(10-3)7(8)9/h3-6,10H,2,7H2,1H3;4,7H,1-3H3. The molecule has 0 unspecified atom stereocenters. The molecule has 0 saturated carbocycles. The molecule has 0 aromatic heterocycles. The highest BCUT2D eigenvalue weighted by Gasteiger charge is 2.07. The number of benzene rings is 1. The molecule has 1 aromatic carbocycles. The van der Waals surface area contributed by atoms with Crippen molar-refractivity contribution >= 4 is 5.71 Å². The van der Waals surface area contributed by atoms with E-state index in [0.717, 1.165) is 17.6 Å². The lowest BCUT2D eigenvalue weighted by atomic mass is 10.1. The van der Waals surface area contributed by atoms with Crippen molar-refractivity contribution in [3.8, 4) is 0 Å². The van der Waals surface area contributed by atoms with Gasteiger partial charge in [0.05, 0.1) is 6.61 Å². The minimum atomic E-state index is -2.46. The number of aliphatic hydroxyl groups is 1. The minimum Gasteiger partial charge on any atom is -0.392 e. The van der Waals surface area contributed by atoms with Crippen LogP contribution in [0.1, 0.15) is 31.9 Å². The van der Waals surface area contributed by atoms with Crippen LogP contribution in [0.15, 0.2) is 40.9 Å². The molecule has 0 bridgehead atoms. The zero-order chi connectivity index (χ0) is 15.5. The first-order valence-electron chi connectivity index (χ1n) is 6.53. The molecule has 0 saturated heterocycles. The third kappa shape index (κ3) is 7.79. The largest absolute Gasteiger partial charge is 0.392 e. The summed E-state index contributed by atoms with van der Waals surface area (Å²) in [6.45, 7) is 5.78. The molecule has 20 heavy (non-hydrogen) atoms. The van der Waals surface area contributed by atoms with E-state index in [0.29, 0.717) is 0 Å². The van der Waals surface area contributed by atoms with Crippen molar-refractivity contribution in [1.29, 1.82) is 0 Å². The number of alkyl halides is 2. The average Bonchev–Trinajstić information content (AvgIpc) is 2.45. The molecular weight excluding hydrogens is 260 g/mol. The molecule has 0 heterocycles. The molecule has 0 amide bonds. The maximum Gasteiger partial charge on any atom is 0.279 e. The number of aliphatic hydroxyl groups excluding tert-OH is 1. The van der Waals surface area contributed by atoms with E-state index in [9.17, 15) is 8.78 Å². The molecule has 4 heteroatoms. The highest BCUT2D eigenvalue weighted by atomic mass is 19.3. The molecule has 0 aliphatic carbocycles. The van der Waals surface area contributed by atoms with Crippen LogP contribution < -0.4 is 0 Å². The first-order chi connectivity index (χ1) is 9.44. The van der Waals surface area contributed by atoms with E-state index in [-0.39, 0.29) is 12.3 Å². The minimum absolute atomic E-state index is 0.143. The van der Waals surface area contributed by atoms with E-state index in [1.165, 1.54) is 18.7 Å². The predicted octanol–water partition coefficient (Wildman–Crippen LogP) is 4.03. The quantitative estimate of drug-likeness (QED) is 0.831. The molecule has 1 N–H and O–H groups in total. The summed E-state index contributed by atoms with van der Waals surface area (Å²) in [7, 11) is 1.36. The number of hydrogen-bond acceptors (Lipinski definition) is 2. The van der Waals surface area contributed by atoms with Gasteiger partial charge in [0.2, 0.25) is 0 Å². The Morgan fingerprint density at radius 3 is 1.95 bits per heavy atom. The van der Waals surface area contributed by atoms with Gasteiger partial charge in [0, 0.05) is 7.05 Å². The van der Waals surface area contributed by atoms with Gasteiger partial charge in [-0.1, -0.05) is 36.8 Å². The summed E-state index contributed by atoms with van der Waals surface area (Å²) >= 11 is 0. The van der Waals surface area contributed by atoms with E-state index >= 15 is 0 Å². The number of allylic oxidation sites excluding steroid dienone is 2. The number of rotatable bonds is 4. The Morgan fingerprint density at radius 1 is 1.20 bits per heavy atom. The van der Waals surface area contributed by atoms with Crippen LogP contribution in [0.5, 0.6) is 0 Å². The van der Waals surface area contributed by atoms with Gasteiger partial charge in [0.15, 0.2) is 0 Å². The summed E-state index contributed by atoms with van der Waals surface area (Å²) in [5.74, 6) is 0. The van der Waals surface area contributed by atoms with Gasteiger partial charge in [0.25, 0.3) is 6.43 Å². The van der Waals surface area contributed by atoms with Gasteiger partial charge in [-0.05, 0) is 37.5 Å². The lowest BCUT2D eigenvalue weighted by Gasteiger charge is -1.97. The zero-order valence-electron chi connectivity index (χ0n) is 12.5. The molecule has 0 radical (unpaired) electrons.